The van der Waals surface area contributed by atoms with Crippen molar-refractivity contribution in [3.05, 3.63) is 79.9 Å². The van der Waals surface area contributed by atoms with Gasteiger partial charge in [0.05, 0.1) is 17.0 Å². The van der Waals surface area contributed by atoms with E-state index in [1.807, 2.05) is 0 Å². The Morgan fingerprint density at radius 2 is 1.33 bits per heavy atom. The molecule has 0 aliphatic rings. The largest absolute Gasteiger partial charge is 0.467 e. The lowest BCUT2D eigenvalue weighted by atomic mass is 10.1. The van der Waals surface area contributed by atoms with Gasteiger partial charge in [-0.3, -0.25) is 29.8 Å². The lowest BCUT2D eigenvalue weighted by molar-refractivity contribution is -0.385. The van der Waals surface area contributed by atoms with Crippen LogP contribution in [0.5, 0.6) is 0 Å². The molecule has 0 fully saturated rings. The van der Waals surface area contributed by atoms with E-state index in [9.17, 15) is 34.6 Å². The minimum Gasteiger partial charge on any atom is -0.467 e. The number of amides is 2. The second kappa shape index (κ2) is 11.9. The van der Waals surface area contributed by atoms with Crippen LogP contribution in [0.2, 0.25) is 0 Å². The maximum Gasteiger partial charge on any atom is 0.328 e. The third-order valence-corrected chi connectivity index (χ3v) is 4.68. The number of carbonyl (C=O) groups excluding carboxylic acids is 3. The summed E-state index contributed by atoms with van der Waals surface area (Å²) in [5.74, 6) is -1.60. The molecule has 0 heterocycles. The fourth-order valence-electron chi connectivity index (χ4n) is 2.88. The van der Waals surface area contributed by atoms with E-state index in [1.54, 1.807) is 0 Å². The molecular formula is C21H22N4O8. The number of hydrogen-bond donors (Lipinski definition) is 2. The van der Waals surface area contributed by atoms with Gasteiger partial charge in [-0.1, -0.05) is 0 Å². The molecule has 1 atom stereocenters. The van der Waals surface area contributed by atoms with Crippen molar-refractivity contribution in [2.75, 3.05) is 13.7 Å². The lowest BCUT2D eigenvalue weighted by Gasteiger charge is -2.16. The van der Waals surface area contributed by atoms with E-state index in [1.165, 1.54) is 55.6 Å². The molecule has 0 bridgehead atoms. The van der Waals surface area contributed by atoms with Gasteiger partial charge in [0.1, 0.15) is 6.04 Å². The van der Waals surface area contributed by atoms with Gasteiger partial charge in [-0.2, -0.15) is 0 Å². The first kappa shape index (κ1) is 24.9. The highest BCUT2D eigenvalue weighted by molar-refractivity contribution is 5.97. The van der Waals surface area contributed by atoms with Gasteiger partial charge < -0.3 is 15.4 Å². The quantitative estimate of drug-likeness (QED) is 0.224. The fourth-order valence-corrected chi connectivity index (χ4v) is 2.88. The summed E-state index contributed by atoms with van der Waals surface area (Å²) in [5, 5.41) is 26.6. The fraction of sp³-hybridized carbons (Fsp3) is 0.286. The van der Waals surface area contributed by atoms with Crippen molar-refractivity contribution in [3.63, 3.8) is 0 Å². The van der Waals surface area contributed by atoms with Gasteiger partial charge >= 0.3 is 5.97 Å². The van der Waals surface area contributed by atoms with Gasteiger partial charge in [-0.25, -0.2) is 4.79 Å². The average Bonchev–Trinajstić information content (AvgIpc) is 2.82. The van der Waals surface area contributed by atoms with Crippen molar-refractivity contribution < 1.29 is 29.0 Å². The minimum atomic E-state index is -0.928. The van der Waals surface area contributed by atoms with Crippen LogP contribution in [0.3, 0.4) is 0 Å². The van der Waals surface area contributed by atoms with Crippen molar-refractivity contribution >= 4 is 29.2 Å². The Labute approximate surface area is 188 Å². The van der Waals surface area contributed by atoms with Gasteiger partial charge in [0.15, 0.2) is 0 Å². The number of ether oxygens (including phenoxy) is 1. The molecule has 0 aromatic heterocycles. The predicted molar refractivity (Wildman–Crippen MR) is 116 cm³/mol. The van der Waals surface area contributed by atoms with Crippen LogP contribution >= 0.6 is 0 Å². The zero-order chi connectivity index (χ0) is 24.4. The molecule has 12 nitrogen and oxygen atoms in total. The summed E-state index contributed by atoms with van der Waals surface area (Å²) >= 11 is 0. The van der Waals surface area contributed by atoms with Gasteiger partial charge in [0.2, 0.25) is 0 Å². The molecule has 0 unspecified atom stereocenters. The number of carbonyl (C=O) groups is 3. The number of non-ortho nitro benzene ring substituents is 2. The molecule has 12 heteroatoms. The number of nitrogens with one attached hydrogen (secondary N) is 2. The lowest BCUT2D eigenvalue weighted by Crippen LogP contribution is -2.41. The number of methoxy groups -OCH3 is 1. The predicted octanol–water partition coefficient (Wildman–Crippen LogP) is 2.37. The van der Waals surface area contributed by atoms with Crippen LogP contribution in [0.25, 0.3) is 0 Å². The first-order valence-corrected chi connectivity index (χ1v) is 9.88. The Bertz CT molecular complexity index is 1020. The molecule has 33 heavy (non-hydrogen) atoms. The van der Waals surface area contributed by atoms with E-state index in [2.05, 4.69) is 10.6 Å². The SMILES string of the molecule is COC(=O)[C@@H](CCCCNC(=O)c1ccc([N+](=O)[O-])cc1)NC(=O)c1ccc([N+](=O)[O-])cc1. The third kappa shape index (κ3) is 7.38. The number of nitrogens with zero attached hydrogens (tertiary/aromatic N) is 2. The maximum atomic E-state index is 12.4. The molecule has 2 aromatic rings. The number of esters is 1. The van der Waals surface area contributed by atoms with Crippen LogP contribution < -0.4 is 10.6 Å². The second-order valence-electron chi connectivity index (χ2n) is 6.91. The normalized spacial score (nSPS) is 11.2. The summed E-state index contributed by atoms with van der Waals surface area (Å²) in [5.41, 5.74) is 0.163. The number of unbranched alkanes of at least 4 members (excludes halogenated alkanes) is 1. The molecule has 2 rings (SSSR count). The topological polar surface area (TPSA) is 171 Å². The molecule has 174 valence electrons. The first-order chi connectivity index (χ1) is 15.7. The number of nitro groups is 2. The minimum absolute atomic E-state index is 0.115. The summed E-state index contributed by atoms with van der Waals surface area (Å²) in [7, 11) is 1.19. The molecule has 0 spiro atoms. The zero-order valence-corrected chi connectivity index (χ0v) is 17.7. The van der Waals surface area contributed by atoms with Crippen molar-refractivity contribution in [2.24, 2.45) is 0 Å². The van der Waals surface area contributed by atoms with Crippen LogP contribution in [0.1, 0.15) is 40.0 Å². The summed E-state index contributed by atoms with van der Waals surface area (Å²) < 4.78 is 4.72. The number of nitro benzene ring substituents is 2. The molecule has 0 saturated carbocycles. The molecule has 0 radical (unpaired) electrons. The Kier molecular flexibility index (Phi) is 8.97. The molecular weight excluding hydrogens is 436 g/mol. The highest BCUT2D eigenvalue weighted by Gasteiger charge is 2.22. The van der Waals surface area contributed by atoms with E-state index in [0.717, 1.165) is 0 Å². The van der Waals surface area contributed by atoms with E-state index in [4.69, 9.17) is 4.74 Å². The third-order valence-electron chi connectivity index (χ3n) is 4.68. The Hall–Kier alpha value is -4.35. The summed E-state index contributed by atoms with van der Waals surface area (Å²) in [6.07, 6.45) is 1.22. The van der Waals surface area contributed by atoms with Crippen LogP contribution in [0.4, 0.5) is 11.4 Å². The molecule has 0 aliphatic heterocycles. The first-order valence-electron chi connectivity index (χ1n) is 9.88. The Balaban J connectivity index is 1.82. The van der Waals surface area contributed by atoms with E-state index in [-0.39, 0.29) is 34.8 Å². The smallest absolute Gasteiger partial charge is 0.328 e. The van der Waals surface area contributed by atoms with Crippen molar-refractivity contribution in [3.8, 4) is 0 Å². The number of rotatable bonds is 11. The standard InChI is InChI=1S/C21H22N4O8/c1-33-21(28)18(23-20(27)15-7-11-17(12-8-15)25(31)32)4-2-3-13-22-19(26)14-5-9-16(10-6-14)24(29)30/h5-12,18H,2-4,13H2,1H3,(H,22,26)(H,23,27)/t18-/m1/s1. The molecule has 2 aromatic carbocycles. The molecule has 0 saturated heterocycles. The van der Waals surface area contributed by atoms with Crippen molar-refractivity contribution in [2.45, 2.75) is 25.3 Å². The van der Waals surface area contributed by atoms with Gasteiger partial charge in [-0.15, -0.1) is 0 Å². The summed E-state index contributed by atoms with van der Waals surface area (Å²) in [6, 6.07) is 9.22. The highest BCUT2D eigenvalue weighted by Crippen LogP contribution is 2.13. The molecule has 2 amide bonds. The van der Waals surface area contributed by atoms with Crippen LogP contribution in [-0.2, 0) is 9.53 Å². The van der Waals surface area contributed by atoms with Crippen molar-refractivity contribution in [1.82, 2.24) is 10.6 Å². The van der Waals surface area contributed by atoms with E-state index >= 15 is 0 Å². The van der Waals surface area contributed by atoms with Crippen LogP contribution in [-0.4, -0.2) is 47.3 Å². The molecule has 0 aliphatic carbocycles. The van der Waals surface area contributed by atoms with Gasteiger partial charge in [0, 0.05) is 41.9 Å². The zero-order valence-electron chi connectivity index (χ0n) is 17.7. The van der Waals surface area contributed by atoms with Gasteiger partial charge in [0.25, 0.3) is 23.2 Å². The van der Waals surface area contributed by atoms with Crippen LogP contribution in [0, 0.1) is 20.2 Å². The highest BCUT2D eigenvalue weighted by atomic mass is 16.6. The van der Waals surface area contributed by atoms with Crippen LogP contribution in [0.15, 0.2) is 48.5 Å². The molecule has 2 N–H and O–H groups in total. The maximum absolute atomic E-state index is 12.4. The Morgan fingerprint density at radius 3 is 1.79 bits per heavy atom. The number of hydrogen-bond acceptors (Lipinski definition) is 8. The summed E-state index contributed by atoms with van der Waals surface area (Å²) in [4.78, 5) is 56.7. The average molecular weight is 458 g/mol. The number of benzene rings is 2. The van der Waals surface area contributed by atoms with E-state index < -0.39 is 27.8 Å². The van der Waals surface area contributed by atoms with E-state index in [0.29, 0.717) is 19.4 Å². The Morgan fingerprint density at radius 1 is 0.848 bits per heavy atom. The van der Waals surface area contributed by atoms with Gasteiger partial charge in [-0.05, 0) is 43.5 Å². The second-order valence-corrected chi connectivity index (χ2v) is 6.91. The monoisotopic (exact) mass is 458 g/mol. The van der Waals surface area contributed by atoms with Crippen molar-refractivity contribution in [1.29, 1.82) is 0 Å². The summed E-state index contributed by atoms with van der Waals surface area (Å²) in [6.45, 7) is 0.292.